The van der Waals surface area contributed by atoms with Crippen molar-refractivity contribution >= 4 is 23.2 Å². The minimum absolute atomic E-state index is 0.130. The average molecular weight is 428 g/mol. The van der Waals surface area contributed by atoms with Crippen LogP contribution in [0.4, 0.5) is 4.39 Å². The maximum absolute atomic E-state index is 13.2. The number of nitrogens with one attached hydrogen (secondary N) is 1. The molecule has 2 N–H and O–H groups in total. The second-order valence-electron chi connectivity index (χ2n) is 6.82. The van der Waals surface area contributed by atoms with Gasteiger partial charge in [-0.2, -0.15) is 0 Å². The quantitative estimate of drug-likeness (QED) is 0.603. The van der Waals surface area contributed by atoms with Gasteiger partial charge in [0, 0.05) is 10.6 Å². The highest BCUT2D eigenvalue weighted by molar-refractivity contribution is 7.10. The van der Waals surface area contributed by atoms with Gasteiger partial charge in [-0.3, -0.25) is 9.59 Å². The lowest BCUT2D eigenvalue weighted by Gasteiger charge is -2.18. The Bertz CT molecular complexity index is 1120. The number of carboxylic acids is 1. The second kappa shape index (κ2) is 9.04. The van der Waals surface area contributed by atoms with Crippen LogP contribution < -0.4 is 10.9 Å². The Kier molecular flexibility index (Phi) is 6.47. The van der Waals surface area contributed by atoms with Crippen LogP contribution in [0.1, 0.15) is 45.0 Å². The Morgan fingerprint density at radius 2 is 1.93 bits per heavy atom. The number of hydrogen-bond acceptors (Lipinski definition) is 4. The highest BCUT2D eigenvalue weighted by Crippen LogP contribution is 2.20. The van der Waals surface area contributed by atoms with E-state index in [1.54, 1.807) is 36.6 Å². The zero-order valence-corrected chi connectivity index (χ0v) is 17.3. The Morgan fingerprint density at radius 3 is 2.50 bits per heavy atom. The summed E-state index contributed by atoms with van der Waals surface area (Å²) in [6.07, 6.45) is 0.567. The molecule has 2 aromatic heterocycles. The highest BCUT2D eigenvalue weighted by Gasteiger charge is 2.26. The molecule has 0 saturated heterocycles. The number of amides is 1. The standard InChI is InChI=1S/C22H21FN2O4S/c1-3-17-13(2)11-16(20(26)24-19(22(28)29)18-5-4-10-30-18)21(27)25(17)12-14-6-8-15(23)9-7-14/h4-11,19H,3,12H2,1-2H3,(H,24,26)(H,28,29). The topological polar surface area (TPSA) is 88.4 Å². The summed E-state index contributed by atoms with van der Waals surface area (Å²) in [7, 11) is 0. The number of aliphatic carboxylic acids is 1. The van der Waals surface area contributed by atoms with Gasteiger partial charge in [0.2, 0.25) is 0 Å². The molecule has 0 spiro atoms. The Labute approximate surface area is 176 Å². The first-order chi connectivity index (χ1) is 14.3. The van der Waals surface area contributed by atoms with E-state index in [0.29, 0.717) is 16.9 Å². The van der Waals surface area contributed by atoms with Crippen molar-refractivity contribution in [2.75, 3.05) is 0 Å². The molecular weight excluding hydrogens is 407 g/mol. The summed E-state index contributed by atoms with van der Waals surface area (Å²) in [4.78, 5) is 38.1. The van der Waals surface area contributed by atoms with E-state index in [2.05, 4.69) is 5.32 Å². The molecule has 0 saturated carbocycles. The lowest BCUT2D eigenvalue weighted by Crippen LogP contribution is -2.38. The molecule has 0 aliphatic carbocycles. The van der Waals surface area contributed by atoms with Crippen LogP contribution >= 0.6 is 11.3 Å². The highest BCUT2D eigenvalue weighted by atomic mass is 32.1. The van der Waals surface area contributed by atoms with Crippen molar-refractivity contribution in [3.8, 4) is 0 Å². The van der Waals surface area contributed by atoms with Crippen LogP contribution in [0, 0.1) is 12.7 Å². The predicted octanol–water partition coefficient (Wildman–Crippen LogP) is 3.52. The van der Waals surface area contributed by atoms with Crippen LogP contribution in [0.15, 0.2) is 52.6 Å². The second-order valence-corrected chi connectivity index (χ2v) is 7.80. The molecule has 3 rings (SSSR count). The molecule has 3 aromatic rings. The van der Waals surface area contributed by atoms with E-state index in [0.717, 1.165) is 11.3 Å². The third-order valence-electron chi connectivity index (χ3n) is 4.80. The molecule has 0 aliphatic rings. The summed E-state index contributed by atoms with van der Waals surface area (Å²) in [6.45, 7) is 3.88. The van der Waals surface area contributed by atoms with Crippen molar-refractivity contribution < 1.29 is 19.1 Å². The smallest absolute Gasteiger partial charge is 0.331 e. The molecule has 1 atom stereocenters. The minimum Gasteiger partial charge on any atom is -0.479 e. The largest absolute Gasteiger partial charge is 0.479 e. The molecule has 1 aromatic carbocycles. The molecule has 6 nitrogen and oxygen atoms in total. The van der Waals surface area contributed by atoms with E-state index in [9.17, 15) is 23.9 Å². The number of benzene rings is 1. The number of carboxylic acid groups (broad SMARTS) is 1. The zero-order valence-electron chi connectivity index (χ0n) is 16.5. The molecule has 0 fully saturated rings. The molecule has 2 heterocycles. The summed E-state index contributed by atoms with van der Waals surface area (Å²) < 4.78 is 14.7. The van der Waals surface area contributed by atoms with Crippen molar-refractivity contribution in [3.05, 3.63) is 91.3 Å². The summed E-state index contributed by atoms with van der Waals surface area (Å²) in [5, 5.41) is 13.7. The first-order valence-electron chi connectivity index (χ1n) is 9.36. The van der Waals surface area contributed by atoms with Gasteiger partial charge in [0.05, 0.1) is 6.54 Å². The van der Waals surface area contributed by atoms with Crippen molar-refractivity contribution in [3.63, 3.8) is 0 Å². The number of pyridine rings is 1. The van der Waals surface area contributed by atoms with E-state index in [4.69, 9.17) is 0 Å². The maximum atomic E-state index is 13.2. The number of carbonyl (C=O) groups is 2. The van der Waals surface area contributed by atoms with Gasteiger partial charge in [0.15, 0.2) is 6.04 Å². The number of rotatable bonds is 7. The lowest BCUT2D eigenvalue weighted by atomic mass is 10.1. The van der Waals surface area contributed by atoms with Crippen molar-refractivity contribution in [2.45, 2.75) is 32.9 Å². The molecule has 30 heavy (non-hydrogen) atoms. The summed E-state index contributed by atoms with van der Waals surface area (Å²) in [6, 6.07) is 9.35. The molecule has 156 valence electrons. The van der Waals surface area contributed by atoms with Crippen LogP contribution in [0.5, 0.6) is 0 Å². The molecule has 0 aliphatic heterocycles. The fourth-order valence-corrected chi connectivity index (χ4v) is 4.10. The summed E-state index contributed by atoms with van der Waals surface area (Å²) in [5.41, 5.74) is 1.57. The Morgan fingerprint density at radius 1 is 1.23 bits per heavy atom. The molecule has 0 radical (unpaired) electrons. The molecular formula is C22H21FN2O4S. The van der Waals surface area contributed by atoms with E-state index < -0.39 is 23.5 Å². The number of aryl methyl sites for hydroxylation is 1. The summed E-state index contributed by atoms with van der Waals surface area (Å²) in [5.74, 6) is -2.34. The third-order valence-corrected chi connectivity index (χ3v) is 5.74. The average Bonchev–Trinajstić information content (AvgIpc) is 3.24. The van der Waals surface area contributed by atoms with Crippen molar-refractivity contribution in [2.24, 2.45) is 0 Å². The van der Waals surface area contributed by atoms with Gasteiger partial charge in [-0.1, -0.05) is 25.1 Å². The normalized spacial score (nSPS) is 11.8. The van der Waals surface area contributed by atoms with Gasteiger partial charge in [0.1, 0.15) is 11.4 Å². The van der Waals surface area contributed by atoms with Gasteiger partial charge < -0.3 is 15.0 Å². The Hall–Kier alpha value is -3.26. The van der Waals surface area contributed by atoms with Crippen LogP contribution in [-0.2, 0) is 17.8 Å². The van der Waals surface area contributed by atoms with Crippen LogP contribution in [-0.4, -0.2) is 21.6 Å². The first kappa shape index (κ1) is 21.4. The number of carbonyl (C=O) groups excluding carboxylic acids is 1. The number of hydrogen-bond donors (Lipinski definition) is 2. The summed E-state index contributed by atoms with van der Waals surface area (Å²) >= 11 is 1.21. The lowest BCUT2D eigenvalue weighted by molar-refractivity contribution is -0.139. The van der Waals surface area contributed by atoms with E-state index >= 15 is 0 Å². The van der Waals surface area contributed by atoms with E-state index in [-0.39, 0.29) is 17.9 Å². The fourth-order valence-electron chi connectivity index (χ4n) is 3.33. The monoisotopic (exact) mass is 428 g/mol. The zero-order chi connectivity index (χ0) is 21.8. The number of thiophene rings is 1. The third kappa shape index (κ3) is 4.49. The van der Waals surface area contributed by atoms with E-state index in [1.165, 1.54) is 34.1 Å². The maximum Gasteiger partial charge on any atom is 0.331 e. The predicted molar refractivity (Wildman–Crippen MR) is 112 cm³/mol. The van der Waals surface area contributed by atoms with Crippen molar-refractivity contribution in [1.29, 1.82) is 0 Å². The van der Waals surface area contributed by atoms with Crippen LogP contribution in [0.3, 0.4) is 0 Å². The van der Waals surface area contributed by atoms with Crippen LogP contribution in [0.2, 0.25) is 0 Å². The fraction of sp³-hybridized carbons (Fsp3) is 0.227. The Balaban J connectivity index is 1.99. The van der Waals surface area contributed by atoms with E-state index in [1.807, 2.05) is 6.92 Å². The number of halogens is 1. The van der Waals surface area contributed by atoms with Crippen molar-refractivity contribution in [1.82, 2.24) is 9.88 Å². The van der Waals surface area contributed by atoms with Gasteiger partial charge in [-0.15, -0.1) is 11.3 Å². The number of nitrogens with zero attached hydrogens (tertiary/aromatic N) is 1. The molecule has 1 unspecified atom stereocenters. The SMILES string of the molecule is CCc1c(C)cc(C(=O)NC(C(=O)O)c2cccs2)c(=O)n1Cc1ccc(F)cc1. The van der Waals surface area contributed by atoms with Gasteiger partial charge in [-0.25, -0.2) is 9.18 Å². The van der Waals surface area contributed by atoms with Gasteiger partial charge in [-0.05, 0) is 54.1 Å². The first-order valence-corrected chi connectivity index (χ1v) is 10.2. The van der Waals surface area contributed by atoms with Crippen LogP contribution in [0.25, 0.3) is 0 Å². The number of aromatic nitrogens is 1. The molecule has 0 bridgehead atoms. The van der Waals surface area contributed by atoms with Gasteiger partial charge >= 0.3 is 5.97 Å². The molecule has 8 heteroatoms. The van der Waals surface area contributed by atoms with Gasteiger partial charge in [0.25, 0.3) is 11.5 Å². The minimum atomic E-state index is -1.24. The molecule has 1 amide bonds.